The highest BCUT2D eigenvalue weighted by Crippen LogP contribution is 2.36. The van der Waals surface area contributed by atoms with Gasteiger partial charge in [-0.2, -0.15) is 0 Å². The van der Waals surface area contributed by atoms with Gasteiger partial charge in [-0.25, -0.2) is 10.1 Å². The Kier molecular flexibility index (Phi) is 8.87. The first kappa shape index (κ1) is 28.1. The van der Waals surface area contributed by atoms with Crippen molar-refractivity contribution in [2.24, 2.45) is 5.16 Å². The Morgan fingerprint density at radius 1 is 1.38 bits per heavy atom. The van der Waals surface area contributed by atoms with Crippen molar-refractivity contribution in [1.29, 1.82) is 0 Å². The molecule has 2 aliphatic heterocycles. The second-order valence-electron chi connectivity index (χ2n) is 7.85. The summed E-state index contributed by atoms with van der Waals surface area (Å²) in [6.07, 6.45) is 3.43. The van der Waals surface area contributed by atoms with Gasteiger partial charge in [-0.3, -0.25) is 28.5 Å². The Labute approximate surface area is 232 Å². The van der Waals surface area contributed by atoms with E-state index in [1.54, 1.807) is 23.1 Å². The van der Waals surface area contributed by atoms with Crippen molar-refractivity contribution in [3.8, 4) is 0 Å². The second kappa shape index (κ2) is 12.3. The Morgan fingerprint density at radius 3 is 2.87 bits per heavy atom. The number of nitrogens with one attached hydrogen (secondary N) is 2. The van der Waals surface area contributed by atoms with Crippen LogP contribution in [0.5, 0.6) is 0 Å². The molecule has 0 spiro atoms. The van der Waals surface area contributed by atoms with Gasteiger partial charge in [0.25, 0.3) is 11.8 Å². The van der Waals surface area contributed by atoms with Gasteiger partial charge in [0.15, 0.2) is 16.0 Å². The first-order valence-corrected chi connectivity index (χ1v) is 13.9. The lowest BCUT2D eigenvalue weighted by molar-refractivity contribution is -0.144. The standard InChI is InChI=1S/C21H22N8O7S3/c1-10(30)36-5-4-28-18(34)16(32)25-26-21(28)37-6-3-11-7-29-17(33)14(19(29)38-8-11)24-15(31)13(27-35-2)12-9-39-20(22)23-12/h3,6-7,9,14,19H,4-5,8H2,1-2H3,(H2,22,23)(H,24,31)(H,25,32). The zero-order valence-corrected chi connectivity index (χ0v) is 22.9. The minimum absolute atomic E-state index is 0.0339. The van der Waals surface area contributed by atoms with Crippen molar-refractivity contribution < 1.29 is 24.0 Å². The van der Waals surface area contributed by atoms with E-state index in [1.165, 1.54) is 30.7 Å². The maximum Gasteiger partial charge on any atom is 0.330 e. The number of thioether (sulfide) groups is 2. The highest BCUT2D eigenvalue weighted by Gasteiger charge is 2.49. The van der Waals surface area contributed by atoms with Gasteiger partial charge in [0.1, 0.15) is 30.8 Å². The molecule has 0 bridgehead atoms. The van der Waals surface area contributed by atoms with E-state index in [4.69, 9.17) is 15.3 Å². The summed E-state index contributed by atoms with van der Waals surface area (Å²) in [6, 6.07) is -0.756. The molecule has 15 nitrogen and oxygen atoms in total. The number of thiazole rings is 1. The minimum Gasteiger partial charge on any atom is -0.464 e. The number of esters is 1. The molecule has 0 saturated carbocycles. The number of fused-ring (bicyclic) bond motifs is 1. The van der Waals surface area contributed by atoms with Crippen LogP contribution >= 0.6 is 34.9 Å². The van der Waals surface area contributed by atoms with Crippen LogP contribution in [0.4, 0.5) is 5.13 Å². The first-order chi connectivity index (χ1) is 18.7. The SMILES string of the molecule is CON=C(C(=O)NC1C(=O)N2C=C(C=CSc3n[nH]c(=O)c(=O)n3CCOC(C)=O)CSC12)c1csc(N)n1. The van der Waals surface area contributed by atoms with Gasteiger partial charge in [0, 0.05) is 24.3 Å². The lowest BCUT2D eigenvalue weighted by Gasteiger charge is -2.47. The Morgan fingerprint density at radius 2 is 2.18 bits per heavy atom. The van der Waals surface area contributed by atoms with Crippen molar-refractivity contribution in [2.75, 3.05) is 25.2 Å². The number of nitrogens with zero attached hydrogens (tertiary/aromatic N) is 5. The molecule has 2 atom stereocenters. The number of ether oxygens (including phenoxy) is 1. The van der Waals surface area contributed by atoms with E-state index in [2.05, 4.69) is 25.7 Å². The predicted octanol–water partition coefficient (Wildman–Crippen LogP) is -0.526. The van der Waals surface area contributed by atoms with Crippen molar-refractivity contribution in [1.82, 2.24) is 30.0 Å². The Balaban J connectivity index is 1.38. The van der Waals surface area contributed by atoms with Gasteiger partial charge in [-0.1, -0.05) is 16.9 Å². The van der Waals surface area contributed by atoms with Crippen LogP contribution in [-0.2, 0) is 30.5 Å². The molecule has 2 unspecified atom stereocenters. The predicted molar refractivity (Wildman–Crippen MR) is 144 cm³/mol. The monoisotopic (exact) mass is 594 g/mol. The molecule has 2 aromatic heterocycles. The number of H-pyrrole nitrogens is 1. The summed E-state index contributed by atoms with van der Waals surface area (Å²) >= 11 is 3.67. The average molecular weight is 595 g/mol. The average Bonchev–Trinajstić information content (AvgIpc) is 3.34. The molecule has 2 amide bonds. The number of aromatic amines is 1. The summed E-state index contributed by atoms with van der Waals surface area (Å²) in [7, 11) is 1.30. The molecule has 206 valence electrons. The fourth-order valence-corrected chi connectivity index (χ4v) is 6.04. The number of allylic oxidation sites excluding steroid dienone is 1. The lowest BCUT2D eigenvalue weighted by atomic mass is 10.1. The van der Waals surface area contributed by atoms with Gasteiger partial charge < -0.3 is 25.5 Å². The van der Waals surface area contributed by atoms with E-state index >= 15 is 0 Å². The van der Waals surface area contributed by atoms with E-state index in [-0.39, 0.29) is 46.1 Å². The zero-order valence-electron chi connectivity index (χ0n) is 20.5. The van der Waals surface area contributed by atoms with Crippen molar-refractivity contribution in [2.45, 2.75) is 30.0 Å². The number of hydrogen-bond acceptors (Lipinski definition) is 14. The van der Waals surface area contributed by atoms with Gasteiger partial charge >= 0.3 is 17.1 Å². The quantitative estimate of drug-likeness (QED) is 0.0793. The molecule has 18 heteroatoms. The van der Waals surface area contributed by atoms with Crippen LogP contribution in [0.2, 0.25) is 0 Å². The lowest BCUT2D eigenvalue weighted by Crippen LogP contribution is -2.69. The van der Waals surface area contributed by atoms with E-state index in [0.29, 0.717) is 5.75 Å². The number of nitrogen functional groups attached to an aromatic ring is 1. The van der Waals surface area contributed by atoms with Crippen LogP contribution in [-0.4, -0.2) is 79.0 Å². The molecular formula is C21H22N8O7S3. The molecule has 2 aromatic rings. The number of hydrogen-bond donors (Lipinski definition) is 3. The Hall–Kier alpha value is -3.90. The normalized spacial score (nSPS) is 18.8. The van der Waals surface area contributed by atoms with Gasteiger partial charge in [0.2, 0.25) is 0 Å². The number of anilines is 1. The molecule has 4 N–H and O–H groups in total. The molecule has 4 heterocycles. The third-order valence-electron chi connectivity index (χ3n) is 5.25. The maximum absolute atomic E-state index is 12.8. The van der Waals surface area contributed by atoms with Gasteiger partial charge in [-0.15, -0.1) is 28.2 Å². The molecular weight excluding hydrogens is 572 g/mol. The summed E-state index contributed by atoms with van der Waals surface area (Å²) in [6.45, 7) is 1.11. The molecule has 1 fully saturated rings. The highest BCUT2D eigenvalue weighted by molar-refractivity contribution is 8.02. The largest absolute Gasteiger partial charge is 0.464 e. The fourth-order valence-electron chi connectivity index (χ4n) is 3.49. The third-order valence-corrected chi connectivity index (χ3v) is 8.06. The van der Waals surface area contributed by atoms with Crippen LogP contribution in [0.3, 0.4) is 0 Å². The molecule has 1 saturated heterocycles. The third kappa shape index (κ3) is 6.40. The summed E-state index contributed by atoms with van der Waals surface area (Å²) in [5.41, 5.74) is 4.90. The number of rotatable bonds is 10. The summed E-state index contributed by atoms with van der Waals surface area (Å²) in [4.78, 5) is 70.8. The van der Waals surface area contributed by atoms with Gasteiger partial charge in [0.05, 0.1) is 6.54 Å². The smallest absolute Gasteiger partial charge is 0.330 e. The van der Waals surface area contributed by atoms with E-state index in [9.17, 15) is 24.0 Å². The van der Waals surface area contributed by atoms with Crippen LogP contribution in [0.25, 0.3) is 0 Å². The van der Waals surface area contributed by atoms with Crippen molar-refractivity contribution in [3.05, 3.63) is 55.0 Å². The van der Waals surface area contributed by atoms with E-state index < -0.39 is 29.0 Å². The fraction of sp³-hybridized carbons (Fsp3) is 0.333. The topological polar surface area (TPSA) is 204 Å². The van der Waals surface area contributed by atoms with Crippen LogP contribution in [0.1, 0.15) is 12.6 Å². The van der Waals surface area contributed by atoms with Crippen molar-refractivity contribution >= 4 is 63.5 Å². The van der Waals surface area contributed by atoms with Crippen LogP contribution in [0, 0.1) is 0 Å². The number of amides is 2. The highest BCUT2D eigenvalue weighted by atomic mass is 32.2. The number of β-lactam (4-membered cyclic amide) rings is 1. The minimum atomic E-state index is -0.891. The molecule has 0 aromatic carbocycles. The van der Waals surface area contributed by atoms with Crippen LogP contribution in [0.15, 0.2) is 48.5 Å². The Bertz CT molecular complexity index is 1490. The molecule has 0 radical (unpaired) electrons. The molecule has 39 heavy (non-hydrogen) atoms. The zero-order chi connectivity index (χ0) is 28.1. The number of carbonyl (C=O) groups is 3. The van der Waals surface area contributed by atoms with Crippen LogP contribution < -0.4 is 22.2 Å². The van der Waals surface area contributed by atoms with Gasteiger partial charge in [-0.05, 0) is 17.1 Å². The molecule has 0 aliphatic carbocycles. The maximum atomic E-state index is 12.8. The number of carbonyl (C=O) groups excluding carboxylic acids is 3. The summed E-state index contributed by atoms with van der Waals surface area (Å²) in [5, 5.41) is 15.8. The van der Waals surface area contributed by atoms with E-state index in [1.807, 2.05) is 0 Å². The van der Waals surface area contributed by atoms with E-state index in [0.717, 1.165) is 33.2 Å². The molecule has 4 rings (SSSR count). The number of nitrogens with two attached hydrogens (primary N) is 1. The summed E-state index contributed by atoms with van der Waals surface area (Å²) < 4.78 is 5.97. The first-order valence-electron chi connectivity index (χ1n) is 11.1. The second-order valence-corrected chi connectivity index (χ2v) is 10.7. The summed E-state index contributed by atoms with van der Waals surface area (Å²) in [5.74, 6) is -0.876. The van der Waals surface area contributed by atoms with Crippen molar-refractivity contribution in [3.63, 3.8) is 0 Å². The number of oxime groups is 1. The molecule has 2 aliphatic rings. The number of aromatic nitrogens is 4.